The van der Waals surface area contributed by atoms with Crippen molar-refractivity contribution < 1.29 is 14.3 Å². The van der Waals surface area contributed by atoms with E-state index in [1.807, 2.05) is 91.0 Å². The Morgan fingerprint density at radius 2 is 1.20 bits per heavy atom. The van der Waals surface area contributed by atoms with Crippen LogP contribution in [0, 0.1) is 0 Å². The lowest BCUT2D eigenvalue weighted by atomic mass is 10.1. The highest BCUT2D eigenvalue weighted by molar-refractivity contribution is 5.35. The molecule has 3 aromatic rings. The molecule has 1 aliphatic heterocycles. The topological polar surface area (TPSA) is 39.7 Å². The fourth-order valence-corrected chi connectivity index (χ4v) is 2.51. The van der Waals surface area contributed by atoms with Crippen LogP contribution in [0.3, 0.4) is 0 Å². The second-order valence-electron chi connectivity index (χ2n) is 5.57. The number of para-hydroxylation sites is 2. The zero-order valence-corrected chi connectivity index (χ0v) is 13.5. The van der Waals surface area contributed by atoms with Gasteiger partial charge in [-0.1, -0.05) is 48.5 Å². The molecule has 3 aromatic carbocycles. The van der Waals surface area contributed by atoms with Crippen LogP contribution in [0.4, 0.5) is 0 Å². The van der Waals surface area contributed by atoms with E-state index in [9.17, 15) is 0 Å². The average molecular weight is 331 g/mol. The summed E-state index contributed by atoms with van der Waals surface area (Å²) >= 11 is 0. The zero-order valence-electron chi connectivity index (χ0n) is 13.5. The molecular weight excluding hydrogens is 314 g/mol. The lowest BCUT2D eigenvalue weighted by Crippen LogP contribution is -2.12. The van der Waals surface area contributed by atoms with Gasteiger partial charge in [0.25, 0.3) is 0 Å². The Bertz CT molecular complexity index is 845. The quantitative estimate of drug-likeness (QED) is 0.716. The van der Waals surface area contributed by atoms with E-state index in [1.54, 1.807) is 0 Å². The highest BCUT2D eigenvalue weighted by atomic mass is 16.7. The van der Waals surface area contributed by atoms with Crippen LogP contribution in [0.5, 0.6) is 17.2 Å². The van der Waals surface area contributed by atoms with Gasteiger partial charge < -0.3 is 9.47 Å². The van der Waals surface area contributed by atoms with Crippen molar-refractivity contribution in [1.29, 1.82) is 0 Å². The smallest absolute Gasteiger partial charge is 0.216 e. The summed E-state index contributed by atoms with van der Waals surface area (Å²) in [4.78, 5) is 5.57. The molecule has 0 bridgehead atoms. The van der Waals surface area contributed by atoms with Crippen molar-refractivity contribution in [3.63, 3.8) is 0 Å². The van der Waals surface area contributed by atoms with Gasteiger partial charge >= 0.3 is 0 Å². The van der Waals surface area contributed by atoms with Gasteiger partial charge in [0.2, 0.25) is 5.88 Å². The SMILES string of the molecule is C1=C(Oc2ccccc2)NO[C@H]1c1ccc(Oc2ccccc2)cc1. The molecule has 4 nitrogen and oxygen atoms in total. The number of hydrogen-bond donors (Lipinski definition) is 1. The molecule has 0 unspecified atom stereocenters. The van der Waals surface area contributed by atoms with Gasteiger partial charge in [0, 0.05) is 6.08 Å². The Morgan fingerprint density at radius 1 is 0.640 bits per heavy atom. The van der Waals surface area contributed by atoms with Crippen LogP contribution >= 0.6 is 0 Å². The number of ether oxygens (including phenoxy) is 2. The maximum absolute atomic E-state index is 5.80. The average Bonchev–Trinajstić information content (AvgIpc) is 3.12. The summed E-state index contributed by atoms with van der Waals surface area (Å²) in [6.45, 7) is 0. The third-order valence-corrected chi connectivity index (χ3v) is 3.75. The first-order valence-corrected chi connectivity index (χ1v) is 8.06. The molecule has 124 valence electrons. The zero-order chi connectivity index (χ0) is 16.9. The van der Waals surface area contributed by atoms with Gasteiger partial charge in [-0.3, -0.25) is 4.84 Å². The Hall–Kier alpha value is -3.24. The number of nitrogens with one attached hydrogen (secondary N) is 1. The van der Waals surface area contributed by atoms with Crippen molar-refractivity contribution in [3.05, 3.63) is 102 Å². The van der Waals surface area contributed by atoms with Gasteiger partial charge in [-0.05, 0) is 42.0 Å². The minimum absolute atomic E-state index is 0.204. The molecule has 4 heteroatoms. The summed E-state index contributed by atoms with van der Waals surface area (Å²) < 4.78 is 11.5. The van der Waals surface area contributed by atoms with E-state index in [2.05, 4.69) is 5.48 Å². The minimum atomic E-state index is -0.204. The first kappa shape index (κ1) is 15.3. The molecule has 1 aliphatic rings. The number of rotatable bonds is 5. The second kappa shape index (κ2) is 7.11. The molecule has 25 heavy (non-hydrogen) atoms. The Balaban J connectivity index is 1.42. The molecule has 1 atom stereocenters. The molecule has 4 rings (SSSR count). The molecule has 0 aromatic heterocycles. The van der Waals surface area contributed by atoms with Gasteiger partial charge in [0.05, 0.1) is 0 Å². The predicted molar refractivity (Wildman–Crippen MR) is 95.1 cm³/mol. The largest absolute Gasteiger partial charge is 0.457 e. The molecule has 1 N–H and O–H groups in total. The van der Waals surface area contributed by atoms with E-state index in [1.165, 1.54) is 0 Å². The first-order chi connectivity index (χ1) is 12.4. The predicted octanol–water partition coefficient (Wildman–Crippen LogP) is 4.98. The molecule has 0 saturated heterocycles. The van der Waals surface area contributed by atoms with E-state index >= 15 is 0 Å². The summed E-state index contributed by atoms with van der Waals surface area (Å²) in [6, 6.07) is 27.1. The van der Waals surface area contributed by atoms with E-state index in [0.29, 0.717) is 5.88 Å². The van der Waals surface area contributed by atoms with Crippen molar-refractivity contribution in [1.82, 2.24) is 5.48 Å². The minimum Gasteiger partial charge on any atom is -0.457 e. The molecule has 0 spiro atoms. The molecule has 0 saturated carbocycles. The lowest BCUT2D eigenvalue weighted by Gasteiger charge is -2.09. The maximum Gasteiger partial charge on any atom is 0.216 e. The number of benzene rings is 3. The highest BCUT2D eigenvalue weighted by Gasteiger charge is 2.19. The summed E-state index contributed by atoms with van der Waals surface area (Å²) in [6.07, 6.45) is 1.70. The number of hydroxylamine groups is 1. The second-order valence-corrected chi connectivity index (χ2v) is 5.57. The van der Waals surface area contributed by atoms with Gasteiger partial charge in [0.15, 0.2) is 0 Å². The van der Waals surface area contributed by atoms with Crippen LogP contribution in [0.25, 0.3) is 0 Å². The van der Waals surface area contributed by atoms with Gasteiger partial charge in [0.1, 0.15) is 23.4 Å². The van der Waals surface area contributed by atoms with Crippen LogP contribution in [-0.4, -0.2) is 0 Å². The molecule has 0 amide bonds. The van der Waals surface area contributed by atoms with Crippen LogP contribution in [0.2, 0.25) is 0 Å². The molecular formula is C21H17NO3. The molecule has 0 aliphatic carbocycles. The maximum atomic E-state index is 5.80. The fourth-order valence-electron chi connectivity index (χ4n) is 2.51. The lowest BCUT2D eigenvalue weighted by molar-refractivity contribution is 0.0273. The molecule has 0 radical (unpaired) electrons. The normalized spacial score (nSPS) is 16.0. The van der Waals surface area contributed by atoms with Crippen LogP contribution in [-0.2, 0) is 4.84 Å². The van der Waals surface area contributed by atoms with Crippen molar-refractivity contribution in [2.24, 2.45) is 0 Å². The summed E-state index contributed by atoms with van der Waals surface area (Å²) in [5, 5.41) is 0. The number of hydrogen-bond acceptors (Lipinski definition) is 4. The summed E-state index contributed by atoms with van der Waals surface area (Å²) in [5.74, 6) is 2.94. The van der Waals surface area contributed by atoms with E-state index in [-0.39, 0.29) is 6.10 Å². The van der Waals surface area contributed by atoms with Crippen molar-refractivity contribution >= 4 is 0 Å². The van der Waals surface area contributed by atoms with Gasteiger partial charge in [-0.25, -0.2) is 5.48 Å². The standard InChI is InChI=1S/C21H17NO3/c1-3-7-17(8-4-1)23-19-13-11-16(12-14-19)20-15-21(22-25-20)24-18-9-5-2-6-10-18/h1-15,20,22H/t20-/m1/s1. The Labute approximate surface area is 146 Å². The van der Waals surface area contributed by atoms with E-state index in [4.69, 9.17) is 14.3 Å². The Kier molecular flexibility index (Phi) is 4.35. The van der Waals surface area contributed by atoms with Crippen molar-refractivity contribution in [2.75, 3.05) is 0 Å². The third kappa shape index (κ3) is 3.82. The van der Waals surface area contributed by atoms with E-state index in [0.717, 1.165) is 22.8 Å². The Morgan fingerprint density at radius 3 is 1.84 bits per heavy atom. The fraction of sp³-hybridized carbons (Fsp3) is 0.0476. The molecule has 1 heterocycles. The van der Waals surface area contributed by atoms with Crippen LogP contribution in [0.15, 0.2) is 96.9 Å². The van der Waals surface area contributed by atoms with Crippen LogP contribution in [0.1, 0.15) is 11.7 Å². The monoisotopic (exact) mass is 331 g/mol. The van der Waals surface area contributed by atoms with Gasteiger partial charge in [-0.15, -0.1) is 0 Å². The summed E-state index contributed by atoms with van der Waals surface area (Å²) in [5.41, 5.74) is 3.83. The first-order valence-electron chi connectivity index (χ1n) is 8.06. The van der Waals surface area contributed by atoms with Crippen molar-refractivity contribution in [2.45, 2.75) is 6.10 Å². The molecule has 0 fully saturated rings. The third-order valence-electron chi connectivity index (χ3n) is 3.75. The van der Waals surface area contributed by atoms with E-state index < -0.39 is 0 Å². The highest BCUT2D eigenvalue weighted by Crippen LogP contribution is 2.28. The van der Waals surface area contributed by atoms with Crippen LogP contribution < -0.4 is 15.0 Å². The van der Waals surface area contributed by atoms with Crippen molar-refractivity contribution in [3.8, 4) is 17.2 Å². The summed E-state index contributed by atoms with van der Waals surface area (Å²) in [7, 11) is 0. The van der Waals surface area contributed by atoms with Gasteiger partial charge in [-0.2, -0.15) is 0 Å².